The Morgan fingerprint density at radius 1 is 1.21 bits per heavy atom. The standard InChI is InChI=1S/C17H20N4O2S/c1-10(22)19-14-6-3-11(4-7-14)15-9-24-17(20-15)21-16(23)12-2-5-13(18)8-12/h3-4,6-7,9,12-13H,2,5,8,18H2,1H3,(H,19,22)(H,20,21,23). The van der Waals surface area contributed by atoms with E-state index in [1.165, 1.54) is 18.3 Å². The van der Waals surface area contributed by atoms with Crippen molar-refractivity contribution in [3.63, 3.8) is 0 Å². The fourth-order valence-electron chi connectivity index (χ4n) is 2.85. The molecule has 2 unspecified atom stereocenters. The summed E-state index contributed by atoms with van der Waals surface area (Å²) in [6.45, 7) is 1.47. The highest BCUT2D eigenvalue weighted by Crippen LogP contribution is 2.29. The van der Waals surface area contributed by atoms with Crippen molar-refractivity contribution in [2.45, 2.75) is 32.2 Å². The van der Waals surface area contributed by atoms with Gasteiger partial charge in [-0.15, -0.1) is 11.3 Å². The molecular formula is C17H20N4O2S. The summed E-state index contributed by atoms with van der Waals surface area (Å²) in [7, 11) is 0. The second-order valence-electron chi connectivity index (χ2n) is 6.06. The van der Waals surface area contributed by atoms with Crippen molar-refractivity contribution in [2.24, 2.45) is 11.7 Å². The van der Waals surface area contributed by atoms with Crippen molar-refractivity contribution in [2.75, 3.05) is 10.6 Å². The van der Waals surface area contributed by atoms with Crippen LogP contribution >= 0.6 is 11.3 Å². The van der Waals surface area contributed by atoms with Gasteiger partial charge in [0.15, 0.2) is 5.13 Å². The molecule has 0 aliphatic heterocycles. The predicted octanol–water partition coefficient (Wildman–Crippen LogP) is 2.83. The van der Waals surface area contributed by atoms with Crippen molar-refractivity contribution in [3.05, 3.63) is 29.6 Å². The minimum Gasteiger partial charge on any atom is -0.328 e. The number of nitrogens with one attached hydrogen (secondary N) is 2. The first-order chi connectivity index (χ1) is 11.5. The van der Waals surface area contributed by atoms with Gasteiger partial charge in [0.25, 0.3) is 0 Å². The van der Waals surface area contributed by atoms with Gasteiger partial charge >= 0.3 is 0 Å². The molecule has 1 aliphatic rings. The molecular weight excluding hydrogens is 324 g/mol. The van der Waals surface area contributed by atoms with Crippen LogP contribution in [0.4, 0.5) is 10.8 Å². The van der Waals surface area contributed by atoms with Crippen LogP contribution in [-0.4, -0.2) is 22.8 Å². The second-order valence-corrected chi connectivity index (χ2v) is 6.91. The molecule has 7 heteroatoms. The van der Waals surface area contributed by atoms with Gasteiger partial charge in [0, 0.05) is 35.5 Å². The number of nitrogens with two attached hydrogens (primary N) is 1. The average Bonchev–Trinajstić information content (AvgIpc) is 3.17. The molecule has 1 aromatic heterocycles. The number of carbonyl (C=O) groups excluding carboxylic acids is 2. The van der Waals surface area contributed by atoms with Crippen molar-refractivity contribution in [3.8, 4) is 11.3 Å². The summed E-state index contributed by atoms with van der Waals surface area (Å²) in [6.07, 6.45) is 2.49. The van der Waals surface area contributed by atoms with Gasteiger partial charge in [0.1, 0.15) is 0 Å². The number of nitrogens with zero attached hydrogens (tertiary/aromatic N) is 1. The number of benzene rings is 1. The van der Waals surface area contributed by atoms with E-state index in [1.807, 2.05) is 29.6 Å². The maximum absolute atomic E-state index is 12.2. The zero-order chi connectivity index (χ0) is 17.1. The van der Waals surface area contributed by atoms with E-state index < -0.39 is 0 Å². The van der Waals surface area contributed by atoms with Crippen LogP contribution < -0.4 is 16.4 Å². The Hall–Kier alpha value is -2.25. The van der Waals surface area contributed by atoms with E-state index in [0.29, 0.717) is 5.13 Å². The molecule has 24 heavy (non-hydrogen) atoms. The van der Waals surface area contributed by atoms with Crippen molar-refractivity contribution < 1.29 is 9.59 Å². The molecule has 0 bridgehead atoms. The Bertz CT molecular complexity index is 741. The van der Waals surface area contributed by atoms with E-state index in [0.717, 1.165) is 36.2 Å². The topological polar surface area (TPSA) is 97.1 Å². The van der Waals surface area contributed by atoms with Gasteiger partial charge in [-0.25, -0.2) is 4.98 Å². The highest BCUT2D eigenvalue weighted by atomic mass is 32.1. The van der Waals surface area contributed by atoms with Gasteiger partial charge in [0.2, 0.25) is 11.8 Å². The van der Waals surface area contributed by atoms with Gasteiger partial charge in [-0.3, -0.25) is 9.59 Å². The number of aromatic nitrogens is 1. The monoisotopic (exact) mass is 344 g/mol. The zero-order valence-electron chi connectivity index (χ0n) is 13.4. The molecule has 1 fully saturated rings. The summed E-state index contributed by atoms with van der Waals surface area (Å²) in [6, 6.07) is 7.57. The highest BCUT2D eigenvalue weighted by Gasteiger charge is 2.28. The first-order valence-corrected chi connectivity index (χ1v) is 8.79. The van der Waals surface area contributed by atoms with Crippen molar-refractivity contribution in [1.82, 2.24) is 4.98 Å². The summed E-state index contributed by atoms with van der Waals surface area (Å²) in [5.74, 6) is -0.109. The van der Waals surface area contributed by atoms with Gasteiger partial charge < -0.3 is 16.4 Å². The number of anilines is 2. The predicted molar refractivity (Wildman–Crippen MR) is 95.8 cm³/mol. The average molecular weight is 344 g/mol. The molecule has 6 nitrogen and oxygen atoms in total. The van der Waals surface area contributed by atoms with E-state index in [2.05, 4.69) is 15.6 Å². The normalized spacial score (nSPS) is 19.9. The Labute approximate surface area is 144 Å². The quantitative estimate of drug-likeness (QED) is 0.794. The molecule has 126 valence electrons. The lowest BCUT2D eigenvalue weighted by molar-refractivity contribution is -0.119. The lowest BCUT2D eigenvalue weighted by Gasteiger charge is -2.08. The fourth-order valence-corrected chi connectivity index (χ4v) is 3.58. The molecule has 4 N–H and O–H groups in total. The van der Waals surface area contributed by atoms with Gasteiger partial charge in [-0.05, 0) is 31.4 Å². The van der Waals surface area contributed by atoms with E-state index in [1.54, 1.807) is 0 Å². The SMILES string of the molecule is CC(=O)Nc1ccc(-c2csc(NC(=O)C3CCC(N)C3)n2)cc1. The van der Waals surface area contributed by atoms with E-state index in [4.69, 9.17) is 5.73 Å². The summed E-state index contributed by atoms with van der Waals surface area (Å²) in [5.41, 5.74) is 8.34. The summed E-state index contributed by atoms with van der Waals surface area (Å²) in [5, 5.41) is 8.12. The molecule has 0 saturated heterocycles. The molecule has 2 atom stereocenters. The number of rotatable bonds is 4. The van der Waals surface area contributed by atoms with Crippen molar-refractivity contribution >= 4 is 34.0 Å². The van der Waals surface area contributed by atoms with Crippen LogP contribution in [0, 0.1) is 5.92 Å². The Kier molecular flexibility index (Phi) is 4.92. The minimum atomic E-state index is -0.104. The van der Waals surface area contributed by atoms with Crippen LogP contribution in [-0.2, 0) is 9.59 Å². The first-order valence-electron chi connectivity index (χ1n) is 7.91. The van der Waals surface area contributed by atoms with Gasteiger partial charge in [0.05, 0.1) is 5.69 Å². The summed E-state index contributed by atoms with van der Waals surface area (Å²) < 4.78 is 0. The van der Waals surface area contributed by atoms with E-state index in [9.17, 15) is 9.59 Å². The van der Waals surface area contributed by atoms with Crippen LogP contribution in [0.5, 0.6) is 0 Å². The molecule has 0 radical (unpaired) electrons. The van der Waals surface area contributed by atoms with Gasteiger partial charge in [-0.2, -0.15) is 0 Å². The molecule has 1 heterocycles. The Morgan fingerprint density at radius 3 is 2.58 bits per heavy atom. The number of carbonyl (C=O) groups is 2. The summed E-state index contributed by atoms with van der Waals surface area (Å²) in [4.78, 5) is 27.7. The van der Waals surface area contributed by atoms with Crippen LogP contribution in [0.1, 0.15) is 26.2 Å². The van der Waals surface area contributed by atoms with Crippen molar-refractivity contribution in [1.29, 1.82) is 0 Å². The number of hydrogen-bond donors (Lipinski definition) is 3. The zero-order valence-corrected chi connectivity index (χ0v) is 14.2. The fraction of sp³-hybridized carbons (Fsp3) is 0.353. The molecule has 0 spiro atoms. The third kappa shape index (κ3) is 3.98. The number of amides is 2. The third-order valence-corrected chi connectivity index (χ3v) is 4.84. The lowest BCUT2D eigenvalue weighted by atomic mass is 10.1. The Morgan fingerprint density at radius 2 is 1.96 bits per heavy atom. The molecule has 1 saturated carbocycles. The molecule has 1 aliphatic carbocycles. The van der Waals surface area contributed by atoms with Crippen LogP contribution in [0.3, 0.4) is 0 Å². The molecule has 3 rings (SSSR count). The maximum Gasteiger partial charge on any atom is 0.229 e. The minimum absolute atomic E-state index is 0.00450. The summed E-state index contributed by atoms with van der Waals surface area (Å²) >= 11 is 1.40. The lowest BCUT2D eigenvalue weighted by Crippen LogP contribution is -2.23. The van der Waals surface area contributed by atoms with Crippen LogP contribution in [0.25, 0.3) is 11.3 Å². The smallest absolute Gasteiger partial charge is 0.229 e. The molecule has 1 aromatic carbocycles. The van der Waals surface area contributed by atoms with Gasteiger partial charge in [-0.1, -0.05) is 12.1 Å². The van der Waals surface area contributed by atoms with Crippen LogP contribution in [0.15, 0.2) is 29.6 Å². The molecule has 2 aromatic rings. The van der Waals surface area contributed by atoms with E-state index >= 15 is 0 Å². The third-order valence-electron chi connectivity index (χ3n) is 4.08. The largest absolute Gasteiger partial charge is 0.328 e. The highest BCUT2D eigenvalue weighted by molar-refractivity contribution is 7.14. The second kappa shape index (κ2) is 7.11. The number of hydrogen-bond acceptors (Lipinski definition) is 5. The Balaban J connectivity index is 1.64. The van der Waals surface area contributed by atoms with E-state index in [-0.39, 0.29) is 23.8 Å². The molecule has 2 amide bonds. The maximum atomic E-state index is 12.2. The van der Waals surface area contributed by atoms with Crippen LogP contribution in [0.2, 0.25) is 0 Å². The number of thiazole rings is 1. The first kappa shape index (κ1) is 16.6.